The van der Waals surface area contributed by atoms with Gasteiger partial charge in [0.25, 0.3) is 0 Å². The lowest BCUT2D eigenvalue weighted by molar-refractivity contribution is -0.136. The quantitative estimate of drug-likeness (QED) is 0.864. The van der Waals surface area contributed by atoms with Crippen molar-refractivity contribution in [3.63, 3.8) is 0 Å². The zero-order valence-corrected chi connectivity index (χ0v) is 12.8. The fraction of sp³-hybridized carbons (Fsp3) is 0.533. The summed E-state index contributed by atoms with van der Waals surface area (Å²) < 4.78 is 30.3. The van der Waals surface area contributed by atoms with Crippen LogP contribution >= 0.6 is 0 Å². The molecule has 1 fully saturated rings. The molecule has 5 nitrogen and oxygen atoms in total. The lowest BCUT2D eigenvalue weighted by Gasteiger charge is -2.17. The number of carboxylic acids is 1. The van der Waals surface area contributed by atoms with Gasteiger partial charge in [-0.3, -0.25) is 4.79 Å². The Morgan fingerprint density at radius 3 is 2.52 bits per heavy atom. The number of hydrogen-bond acceptors (Lipinski definition) is 4. The molecule has 1 saturated heterocycles. The molecule has 3 atom stereocenters. The first-order valence-corrected chi connectivity index (χ1v) is 8.74. The fourth-order valence-electron chi connectivity index (χ4n) is 2.58. The first-order valence-electron chi connectivity index (χ1n) is 7.02. The number of rotatable bonds is 6. The highest BCUT2D eigenvalue weighted by Crippen LogP contribution is 2.22. The van der Waals surface area contributed by atoms with Gasteiger partial charge in [0.05, 0.1) is 18.0 Å². The summed E-state index contributed by atoms with van der Waals surface area (Å²) in [5, 5.41) is 7.86. The lowest BCUT2D eigenvalue weighted by Crippen LogP contribution is -2.37. The largest absolute Gasteiger partial charge is 0.480 e. The van der Waals surface area contributed by atoms with Gasteiger partial charge in [-0.1, -0.05) is 30.3 Å². The van der Waals surface area contributed by atoms with Crippen LogP contribution in [-0.4, -0.2) is 42.7 Å². The standard InChI is InChI=1S/C15H20O5S/c1-11-7-8-13(20-11)10-21(18,19)14(15(16)17)9-12-5-3-2-4-6-12/h2-6,11,13-14H,7-10H2,1H3,(H,16,17). The minimum absolute atomic E-state index is 0.0131. The second kappa shape index (κ2) is 6.58. The number of hydrogen-bond donors (Lipinski definition) is 1. The van der Waals surface area contributed by atoms with Gasteiger partial charge in [0.2, 0.25) is 0 Å². The van der Waals surface area contributed by atoms with Crippen molar-refractivity contribution in [1.29, 1.82) is 0 Å². The Labute approximate surface area is 124 Å². The van der Waals surface area contributed by atoms with Gasteiger partial charge in [0, 0.05) is 0 Å². The van der Waals surface area contributed by atoms with Crippen LogP contribution in [0.4, 0.5) is 0 Å². The van der Waals surface area contributed by atoms with Crippen molar-refractivity contribution < 1.29 is 23.1 Å². The Hall–Kier alpha value is -1.40. The maximum absolute atomic E-state index is 12.4. The summed E-state index contributed by atoms with van der Waals surface area (Å²) in [6.07, 6.45) is 1.13. The van der Waals surface area contributed by atoms with Gasteiger partial charge >= 0.3 is 5.97 Å². The normalized spacial score (nSPS) is 23.9. The van der Waals surface area contributed by atoms with Crippen LogP contribution in [0.5, 0.6) is 0 Å². The Kier molecular flexibility index (Phi) is 5.00. The molecule has 0 bridgehead atoms. The van der Waals surface area contributed by atoms with Gasteiger partial charge in [-0.15, -0.1) is 0 Å². The zero-order valence-electron chi connectivity index (χ0n) is 11.9. The Balaban J connectivity index is 2.11. The average molecular weight is 312 g/mol. The Morgan fingerprint density at radius 2 is 2.00 bits per heavy atom. The first kappa shape index (κ1) is 16.0. The number of ether oxygens (including phenoxy) is 1. The van der Waals surface area contributed by atoms with E-state index in [9.17, 15) is 18.3 Å². The summed E-state index contributed by atoms with van der Waals surface area (Å²) in [4.78, 5) is 11.4. The molecular weight excluding hydrogens is 292 g/mol. The molecule has 1 aromatic carbocycles. The first-order chi connectivity index (χ1) is 9.88. The second-order valence-corrected chi connectivity index (χ2v) is 7.72. The van der Waals surface area contributed by atoms with Crippen LogP contribution in [0, 0.1) is 0 Å². The van der Waals surface area contributed by atoms with Crippen molar-refractivity contribution in [3.8, 4) is 0 Å². The molecule has 1 heterocycles. The van der Waals surface area contributed by atoms with Crippen LogP contribution in [-0.2, 0) is 25.8 Å². The Bertz CT molecular complexity index is 581. The third-order valence-corrected chi connectivity index (χ3v) is 5.78. The van der Waals surface area contributed by atoms with Crippen molar-refractivity contribution in [2.75, 3.05) is 5.75 Å². The molecule has 1 aliphatic rings. The summed E-state index contributed by atoms with van der Waals surface area (Å²) in [6, 6.07) is 8.81. The third-order valence-electron chi connectivity index (χ3n) is 3.71. The molecule has 0 radical (unpaired) electrons. The summed E-state index contributed by atoms with van der Waals surface area (Å²) in [6.45, 7) is 1.89. The molecule has 1 aromatic rings. The van der Waals surface area contributed by atoms with Crippen molar-refractivity contribution in [1.82, 2.24) is 0 Å². The number of carbonyl (C=O) groups is 1. The van der Waals surface area contributed by atoms with Crippen molar-refractivity contribution in [2.45, 2.75) is 43.6 Å². The predicted molar refractivity (Wildman–Crippen MR) is 78.9 cm³/mol. The van der Waals surface area contributed by atoms with Crippen LogP contribution in [0.25, 0.3) is 0 Å². The number of aliphatic carboxylic acids is 1. The molecule has 0 saturated carbocycles. The molecule has 0 amide bonds. The summed E-state index contributed by atoms with van der Waals surface area (Å²) in [7, 11) is -3.75. The van der Waals surface area contributed by atoms with E-state index in [0.717, 1.165) is 6.42 Å². The smallest absolute Gasteiger partial charge is 0.322 e. The molecule has 6 heteroatoms. The van der Waals surface area contributed by atoms with E-state index < -0.39 is 21.1 Å². The van der Waals surface area contributed by atoms with E-state index in [4.69, 9.17) is 4.74 Å². The van der Waals surface area contributed by atoms with Crippen LogP contribution in [0.2, 0.25) is 0 Å². The lowest BCUT2D eigenvalue weighted by atomic mass is 10.1. The van der Waals surface area contributed by atoms with Crippen LogP contribution in [0.15, 0.2) is 30.3 Å². The highest BCUT2D eigenvalue weighted by Gasteiger charge is 2.36. The highest BCUT2D eigenvalue weighted by molar-refractivity contribution is 7.92. The zero-order chi connectivity index (χ0) is 15.5. The van der Waals surface area contributed by atoms with Gasteiger partial charge in [-0.25, -0.2) is 8.42 Å². The van der Waals surface area contributed by atoms with Crippen LogP contribution in [0.3, 0.4) is 0 Å². The summed E-state index contributed by atoms with van der Waals surface area (Å²) in [5.74, 6) is -1.52. The van der Waals surface area contributed by atoms with E-state index >= 15 is 0 Å². The molecule has 3 unspecified atom stereocenters. The van der Waals surface area contributed by atoms with Crippen molar-refractivity contribution in [3.05, 3.63) is 35.9 Å². The van der Waals surface area contributed by atoms with E-state index in [-0.39, 0.29) is 24.4 Å². The van der Waals surface area contributed by atoms with E-state index in [1.54, 1.807) is 24.3 Å². The van der Waals surface area contributed by atoms with E-state index in [2.05, 4.69) is 0 Å². The minimum atomic E-state index is -3.75. The molecule has 21 heavy (non-hydrogen) atoms. The second-order valence-electron chi connectivity index (χ2n) is 5.49. The molecule has 0 aliphatic carbocycles. The minimum Gasteiger partial charge on any atom is -0.480 e. The van der Waals surface area contributed by atoms with Gasteiger partial charge in [-0.05, 0) is 31.7 Å². The van der Waals surface area contributed by atoms with Gasteiger partial charge in [-0.2, -0.15) is 0 Å². The Morgan fingerprint density at radius 1 is 1.33 bits per heavy atom. The number of sulfone groups is 1. The van der Waals surface area contributed by atoms with Crippen molar-refractivity contribution >= 4 is 15.8 Å². The van der Waals surface area contributed by atoms with Gasteiger partial charge in [0.1, 0.15) is 0 Å². The number of benzene rings is 1. The molecular formula is C15H20O5S. The molecule has 0 aromatic heterocycles. The molecule has 1 aliphatic heterocycles. The predicted octanol–water partition coefficient (Wildman–Crippen LogP) is 1.66. The third kappa shape index (κ3) is 4.28. The monoisotopic (exact) mass is 312 g/mol. The average Bonchev–Trinajstić information content (AvgIpc) is 2.81. The highest BCUT2D eigenvalue weighted by atomic mass is 32.2. The van der Waals surface area contributed by atoms with Crippen LogP contribution in [0.1, 0.15) is 25.3 Å². The SMILES string of the molecule is CC1CCC(CS(=O)(=O)C(Cc2ccccc2)C(=O)O)O1. The van der Waals surface area contributed by atoms with E-state index in [1.165, 1.54) is 0 Å². The molecule has 1 N–H and O–H groups in total. The molecule has 116 valence electrons. The van der Waals surface area contributed by atoms with E-state index in [1.807, 2.05) is 13.0 Å². The van der Waals surface area contributed by atoms with E-state index in [0.29, 0.717) is 12.0 Å². The summed E-state index contributed by atoms with van der Waals surface area (Å²) in [5.41, 5.74) is 0.703. The van der Waals surface area contributed by atoms with Gasteiger partial charge < -0.3 is 9.84 Å². The van der Waals surface area contributed by atoms with Gasteiger partial charge in [0.15, 0.2) is 15.1 Å². The van der Waals surface area contributed by atoms with Crippen LogP contribution < -0.4 is 0 Å². The topological polar surface area (TPSA) is 80.7 Å². The maximum atomic E-state index is 12.4. The maximum Gasteiger partial charge on any atom is 0.322 e. The molecule has 0 spiro atoms. The van der Waals surface area contributed by atoms with Crippen molar-refractivity contribution in [2.24, 2.45) is 0 Å². The summed E-state index contributed by atoms with van der Waals surface area (Å²) >= 11 is 0. The fourth-order valence-corrected chi connectivity index (χ4v) is 4.33. The molecule has 2 rings (SSSR count). The number of carboxylic acid groups (broad SMARTS) is 1.